The number of imide groups is 1. The standard InChI is InChI=1S/C24H24N6O3/c1-16-3-2-11-25-19(16)15-17-4-6-18(7-5-17)29-13-9-24(10-14-29)21(32)28-23(33)30(24)22-26-12-8-20(31)27-22/h2-8,11-12H,9-10,13-15H2,1H3,(H,26,27,31)(H,28,32,33). The number of carbonyl (C=O) groups is 2. The van der Waals surface area contributed by atoms with Crippen molar-refractivity contribution in [3.63, 3.8) is 0 Å². The fourth-order valence-corrected chi connectivity index (χ4v) is 4.64. The van der Waals surface area contributed by atoms with Crippen molar-refractivity contribution < 1.29 is 9.59 Å². The van der Waals surface area contributed by atoms with Crippen LogP contribution in [-0.4, -0.2) is 45.5 Å². The molecular weight excluding hydrogens is 420 g/mol. The van der Waals surface area contributed by atoms with Crippen LogP contribution in [0.15, 0.2) is 59.7 Å². The van der Waals surface area contributed by atoms with Gasteiger partial charge in [-0.1, -0.05) is 18.2 Å². The molecule has 2 aromatic heterocycles. The van der Waals surface area contributed by atoms with Crippen molar-refractivity contribution in [3.05, 3.63) is 82.0 Å². The first-order chi connectivity index (χ1) is 16.0. The normalized spacial score (nSPS) is 17.5. The van der Waals surface area contributed by atoms with Gasteiger partial charge in [-0.25, -0.2) is 14.7 Å². The van der Waals surface area contributed by atoms with Crippen molar-refractivity contribution in [1.29, 1.82) is 0 Å². The van der Waals surface area contributed by atoms with Crippen molar-refractivity contribution >= 4 is 23.6 Å². The summed E-state index contributed by atoms with van der Waals surface area (Å²) in [6.45, 7) is 3.24. The molecule has 1 aromatic carbocycles. The van der Waals surface area contributed by atoms with Crippen LogP contribution in [0.5, 0.6) is 0 Å². The van der Waals surface area contributed by atoms with E-state index >= 15 is 0 Å². The number of carbonyl (C=O) groups excluding carboxylic acids is 2. The lowest BCUT2D eigenvalue weighted by molar-refractivity contribution is -0.124. The molecule has 3 amide bonds. The maximum Gasteiger partial charge on any atom is 0.331 e. The minimum Gasteiger partial charge on any atom is -0.371 e. The third kappa shape index (κ3) is 3.75. The van der Waals surface area contributed by atoms with Crippen LogP contribution in [0.2, 0.25) is 0 Å². The number of aromatic nitrogens is 3. The lowest BCUT2D eigenvalue weighted by Crippen LogP contribution is -2.57. The van der Waals surface area contributed by atoms with E-state index in [1.54, 1.807) is 0 Å². The molecule has 2 fully saturated rings. The molecule has 0 radical (unpaired) electrons. The van der Waals surface area contributed by atoms with Gasteiger partial charge in [0.25, 0.3) is 11.5 Å². The quantitative estimate of drug-likeness (QED) is 0.597. The van der Waals surface area contributed by atoms with E-state index in [-0.39, 0.29) is 17.4 Å². The molecule has 0 unspecified atom stereocenters. The van der Waals surface area contributed by atoms with Crippen LogP contribution in [0.3, 0.4) is 0 Å². The Morgan fingerprint density at radius 3 is 2.42 bits per heavy atom. The molecule has 2 saturated heterocycles. The third-order valence-electron chi connectivity index (χ3n) is 6.53. The topological polar surface area (TPSA) is 111 Å². The summed E-state index contributed by atoms with van der Waals surface area (Å²) < 4.78 is 0. The molecule has 0 aliphatic carbocycles. The molecule has 3 aromatic rings. The van der Waals surface area contributed by atoms with Crippen LogP contribution in [0.4, 0.5) is 16.4 Å². The number of pyridine rings is 1. The minimum atomic E-state index is -1.05. The summed E-state index contributed by atoms with van der Waals surface area (Å²) in [6.07, 6.45) is 4.78. The van der Waals surface area contributed by atoms with Crippen LogP contribution in [0, 0.1) is 6.92 Å². The van der Waals surface area contributed by atoms with E-state index in [4.69, 9.17) is 0 Å². The zero-order valence-corrected chi connectivity index (χ0v) is 18.2. The van der Waals surface area contributed by atoms with E-state index in [0.717, 1.165) is 17.8 Å². The number of anilines is 2. The lowest BCUT2D eigenvalue weighted by Gasteiger charge is -2.42. The molecule has 168 valence electrons. The Bertz CT molecular complexity index is 1260. The van der Waals surface area contributed by atoms with E-state index in [1.165, 1.54) is 28.3 Å². The predicted octanol–water partition coefficient (Wildman–Crippen LogP) is 2.16. The van der Waals surface area contributed by atoms with Gasteiger partial charge in [-0.15, -0.1) is 0 Å². The monoisotopic (exact) mass is 444 g/mol. The second kappa shape index (κ2) is 8.16. The number of rotatable bonds is 4. The SMILES string of the molecule is Cc1cccnc1Cc1ccc(N2CCC3(CC2)C(=O)NC(=O)N3c2nccc(=O)[nH]2)cc1. The number of H-pyrrole nitrogens is 1. The molecule has 0 saturated carbocycles. The largest absolute Gasteiger partial charge is 0.371 e. The van der Waals surface area contributed by atoms with E-state index in [0.29, 0.717) is 25.9 Å². The first kappa shape index (κ1) is 20.9. The third-order valence-corrected chi connectivity index (χ3v) is 6.53. The molecule has 1 spiro atoms. The highest BCUT2D eigenvalue weighted by Crippen LogP contribution is 2.36. The highest BCUT2D eigenvalue weighted by Gasteiger charge is 2.55. The molecule has 0 atom stereocenters. The Hall–Kier alpha value is -4.01. The summed E-state index contributed by atoms with van der Waals surface area (Å²) in [4.78, 5) is 51.8. The van der Waals surface area contributed by atoms with E-state index in [2.05, 4.69) is 62.4 Å². The van der Waals surface area contributed by atoms with Crippen LogP contribution >= 0.6 is 0 Å². The fraction of sp³-hybridized carbons (Fsp3) is 0.292. The summed E-state index contributed by atoms with van der Waals surface area (Å²) in [5.41, 5.74) is 3.05. The molecular formula is C24H24N6O3. The molecule has 2 aliphatic heterocycles. The lowest BCUT2D eigenvalue weighted by atomic mass is 9.86. The Morgan fingerprint density at radius 1 is 0.970 bits per heavy atom. The Balaban J connectivity index is 1.32. The van der Waals surface area contributed by atoms with Gasteiger partial charge in [0, 0.05) is 49.4 Å². The number of aromatic amines is 1. The zero-order chi connectivity index (χ0) is 23.0. The molecule has 5 rings (SSSR count). The zero-order valence-electron chi connectivity index (χ0n) is 18.2. The average Bonchev–Trinajstić information content (AvgIpc) is 3.05. The number of hydrogen-bond donors (Lipinski definition) is 2. The van der Waals surface area contributed by atoms with Gasteiger partial charge >= 0.3 is 6.03 Å². The van der Waals surface area contributed by atoms with Crippen molar-refractivity contribution in [2.24, 2.45) is 0 Å². The highest BCUT2D eigenvalue weighted by atomic mass is 16.2. The summed E-state index contributed by atoms with van der Waals surface area (Å²) in [7, 11) is 0. The van der Waals surface area contributed by atoms with E-state index < -0.39 is 11.6 Å². The van der Waals surface area contributed by atoms with Crippen LogP contribution in [-0.2, 0) is 11.2 Å². The minimum absolute atomic E-state index is 0.0912. The van der Waals surface area contributed by atoms with Crippen LogP contribution in [0.25, 0.3) is 0 Å². The first-order valence-electron chi connectivity index (χ1n) is 10.9. The predicted molar refractivity (Wildman–Crippen MR) is 123 cm³/mol. The first-order valence-corrected chi connectivity index (χ1v) is 10.9. The van der Waals surface area contributed by atoms with Crippen molar-refractivity contribution in [1.82, 2.24) is 20.3 Å². The molecule has 9 nitrogen and oxygen atoms in total. The van der Waals surface area contributed by atoms with Gasteiger partial charge in [0.05, 0.1) is 0 Å². The number of nitrogens with zero attached hydrogens (tertiary/aromatic N) is 4. The van der Waals surface area contributed by atoms with Gasteiger partial charge in [0.15, 0.2) is 0 Å². The van der Waals surface area contributed by atoms with Gasteiger partial charge in [-0.3, -0.25) is 24.9 Å². The smallest absolute Gasteiger partial charge is 0.331 e. The van der Waals surface area contributed by atoms with E-state index in [1.807, 2.05) is 12.3 Å². The van der Waals surface area contributed by atoms with E-state index in [9.17, 15) is 14.4 Å². The van der Waals surface area contributed by atoms with Crippen LogP contribution < -0.4 is 20.7 Å². The Kier molecular flexibility index (Phi) is 5.16. The molecule has 2 aliphatic rings. The maximum absolute atomic E-state index is 12.8. The highest BCUT2D eigenvalue weighted by molar-refractivity contribution is 6.16. The number of hydrogen-bond acceptors (Lipinski definition) is 6. The number of piperidine rings is 1. The number of benzene rings is 1. The fourth-order valence-electron chi connectivity index (χ4n) is 4.64. The van der Waals surface area contributed by atoms with Gasteiger partial charge in [-0.2, -0.15) is 0 Å². The van der Waals surface area contributed by atoms with Gasteiger partial charge in [-0.05, 0) is 49.1 Å². The van der Waals surface area contributed by atoms with Crippen molar-refractivity contribution in [3.8, 4) is 0 Å². The molecule has 9 heteroatoms. The summed E-state index contributed by atoms with van der Waals surface area (Å²) in [5.74, 6) is -0.256. The van der Waals surface area contributed by atoms with Crippen molar-refractivity contribution in [2.75, 3.05) is 22.9 Å². The van der Waals surface area contributed by atoms with Gasteiger partial charge in [0.2, 0.25) is 5.95 Å². The summed E-state index contributed by atoms with van der Waals surface area (Å²) >= 11 is 0. The Morgan fingerprint density at radius 2 is 1.73 bits per heavy atom. The molecule has 0 bridgehead atoms. The second-order valence-corrected chi connectivity index (χ2v) is 8.48. The summed E-state index contributed by atoms with van der Waals surface area (Å²) in [6, 6.07) is 13.1. The second-order valence-electron chi connectivity index (χ2n) is 8.48. The van der Waals surface area contributed by atoms with Crippen molar-refractivity contribution in [2.45, 2.75) is 31.7 Å². The number of nitrogens with one attached hydrogen (secondary N) is 2. The molecule has 2 N–H and O–H groups in total. The number of amides is 3. The van der Waals surface area contributed by atoms with Gasteiger partial charge in [0.1, 0.15) is 5.54 Å². The molecule has 33 heavy (non-hydrogen) atoms. The molecule has 4 heterocycles. The Labute approximate surface area is 190 Å². The van der Waals surface area contributed by atoms with Gasteiger partial charge < -0.3 is 4.90 Å². The van der Waals surface area contributed by atoms with Crippen LogP contribution in [0.1, 0.15) is 29.7 Å². The number of aryl methyl sites for hydroxylation is 1. The maximum atomic E-state index is 12.8. The summed E-state index contributed by atoms with van der Waals surface area (Å²) in [5, 5.41) is 2.40. The number of urea groups is 1. The average molecular weight is 444 g/mol.